The maximum atomic E-state index is 12.9. The van der Waals surface area contributed by atoms with Crippen molar-refractivity contribution >= 4 is 17.9 Å². The quantitative estimate of drug-likeness (QED) is 0.0195. The summed E-state index contributed by atoms with van der Waals surface area (Å²) < 4.78 is 22.7. The van der Waals surface area contributed by atoms with Crippen LogP contribution in [-0.4, -0.2) is 82.3 Å². The van der Waals surface area contributed by atoms with Gasteiger partial charge in [-0.1, -0.05) is 252 Å². The normalized spacial score (nSPS) is 13.4. The summed E-state index contributed by atoms with van der Waals surface area (Å²) in [6.07, 6.45) is 76.3. The minimum atomic E-state index is -1.63. The third-order valence-electron chi connectivity index (χ3n) is 13.3. The van der Waals surface area contributed by atoms with Crippen molar-refractivity contribution in [1.82, 2.24) is 0 Å². The van der Waals surface area contributed by atoms with Crippen LogP contribution in [-0.2, 0) is 33.3 Å². The molecule has 0 aromatic rings. The number of likely N-dealkylation sites (N-methyl/N-ethyl adjacent to an activating group) is 1. The van der Waals surface area contributed by atoms with Crippen molar-refractivity contribution in [3.05, 3.63) is 97.2 Å². The van der Waals surface area contributed by atoms with Gasteiger partial charge in [0.15, 0.2) is 12.4 Å². The Kier molecular flexibility index (Phi) is 55.5. The number of carbonyl (C=O) groups is 3. The summed E-state index contributed by atoms with van der Waals surface area (Å²) in [4.78, 5) is 37.3. The Hall–Kier alpha value is -3.79. The third kappa shape index (κ3) is 59.7. The van der Waals surface area contributed by atoms with E-state index in [4.69, 9.17) is 18.9 Å². The van der Waals surface area contributed by atoms with Crippen LogP contribution < -0.4 is 5.11 Å². The molecule has 0 N–H and O–H groups in total. The van der Waals surface area contributed by atoms with Crippen LogP contribution in [0.3, 0.4) is 0 Å². The van der Waals surface area contributed by atoms with E-state index in [0.29, 0.717) is 23.9 Å². The van der Waals surface area contributed by atoms with Crippen molar-refractivity contribution < 1.29 is 42.9 Å². The molecule has 9 nitrogen and oxygen atoms in total. The van der Waals surface area contributed by atoms with Crippen LogP contribution in [0.15, 0.2) is 97.2 Å². The SMILES string of the molecule is CC/C=C\C/C=C\C/C=C\C/C=C\CCCCCCCCCCCCCCCCCCCCCCCCC(=O)OC(COC(=O)CCCCCC/C=C\C/C=C\C/C=C\C/C=C\CC)COC(OCC[N+](C)(C)C)C(=O)[O-]. The van der Waals surface area contributed by atoms with Gasteiger partial charge in [0.05, 0.1) is 40.3 Å². The summed E-state index contributed by atoms with van der Waals surface area (Å²) in [6.45, 7) is 4.50. The number of aliphatic carboxylic acids is 1. The number of carbonyl (C=O) groups excluding carboxylic acids is 3. The highest BCUT2D eigenvalue weighted by atomic mass is 16.7. The monoisotopic (exact) mass is 1080 g/mol. The van der Waals surface area contributed by atoms with Crippen LogP contribution in [0.25, 0.3) is 0 Å². The summed E-state index contributed by atoms with van der Waals surface area (Å²) >= 11 is 0. The van der Waals surface area contributed by atoms with E-state index < -0.39 is 24.3 Å². The topological polar surface area (TPSA) is 111 Å². The zero-order valence-corrected chi connectivity index (χ0v) is 50.3. The van der Waals surface area contributed by atoms with Crippen LogP contribution in [0.5, 0.6) is 0 Å². The fourth-order valence-corrected chi connectivity index (χ4v) is 8.58. The molecule has 0 rings (SSSR count). The fourth-order valence-electron chi connectivity index (χ4n) is 8.58. The van der Waals surface area contributed by atoms with E-state index in [1.807, 2.05) is 21.1 Å². The molecule has 2 atom stereocenters. The number of quaternary nitrogens is 1. The first kappa shape index (κ1) is 73.2. The molecule has 2 unspecified atom stereocenters. The lowest BCUT2D eigenvalue weighted by molar-refractivity contribution is -0.870. The van der Waals surface area contributed by atoms with Crippen LogP contribution >= 0.6 is 0 Å². The second-order valence-corrected chi connectivity index (χ2v) is 21.9. The number of nitrogens with zero attached hydrogens (tertiary/aromatic N) is 1. The highest BCUT2D eigenvalue weighted by Gasteiger charge is 2.22. The summed E-state index contributed by atoms with van der Waals surface area (Å²) in [5.74, 6) is -2.31. The summed E-state index contributed by atoms with van der Waals surface area (Å²) in [5, 5.41) is 11.8. The first-order chi connectivity index (χ1) is 37.6. The molecule has 0 fully saturated rings. The van der Waals surface area contributed by atoms with E-state index in [1.54, 1.807) is 0 Å². The molecule has 77 heavy (non-hydrogen) atoms. The van der Waals surface area contributed by atoms with Crippen molar-refractivity contribution in [3.63, 3.8) is 0 Å². The lowest BCUT2D eigenvalue weighted by Crippen LogP contribution is -2.44. The summed E-state index contributed by atoms with van der Waals surface area (Å²) in [6, 6.07) is 0. The first-order valence-electron chi connectivity index (χ1n) is 31.4. The van der Waals surface area contributed by atoms with Gasteiger partial charge in [-0.25, -0.2) is 0 Å². The number of hydrogen-bond donors (Lipinski definition) is 0. The first-order valence-corrected chi connectivity index (χ1v) is 31.4. The van der Waals surface area contributed by atoms with E-state index in [9.17, 15) is 19.5 Å². The van der Waals surface area contributed by atoms with Gasteiger partial charge in [-0.05, 0) is 89.9 Å². The highest BCUT2D eigenvalue weighted by Crippen LogP contribution is 2.17. The maximum Gasteiger partial charge on any atom is 0.306 e. The van der Waals surface area contributed by atoms with E-state index in [1.165, 1.54) is 128 Å². The van der Waals surface area contributed by atoms with Crippen molar-refractivity contribution in [2.45, 2.75) is 270 Å². The minimum absolute atomic E-state index is 0.141. The molecule has 0 aliphatic rings. The van der Waals surface area contributed by atoms with Gasteiger partial charge in [0.1, 0.15) is 13.2 Å². The molecule has 0 aliphatic heterocycles. The highest BCUT2D eigenvalue weighted by molar-refractivity contribution is 5.70. The molecule has 0 spiro atoms. The Morgan fingerprint density at radius 2 is 0.701 bits per heavy atom. The number of rotatable bonds is 57. The largest absolute Gasteiger partial charge is 0.545 e. The fraction of sp³-hybridized carbons (Fsp3) is 0.721. The lowest BCUT2D eigenvalue weighted by Gasteiger charge is -2.26. The number of esters is 2. The predicted octanol–water partition coefficient (Wildman–Crippen LogP) is 17.6. The van der Waals surface area contributed by atoms with Gasteiger partial charge in [-0.3, -0.25) is 9.59 Å². The second-order valence-electron chi connectivity index (χ2n) is 21.9. The molecular formula is C68H117NO8. The number of ether oxygens (including phenoxy) is 4. The number of hydrogen-bond acceptors (Lipinski definition) is 8. The molecule has 0 radical (unpaired) electrons. The number of allylic oxidation sites excluding steroid dienone is 16. The molecule has 0 aliphatic carbocycles. The molecule has 0 saturated heterocycles. The molecule has 0 bridgehead atoms. The lowest BCUT2D eigenvalue weighted by atomic mass is 10.0. The van der Waals surface area contributed by atoms with E-state index >= 15 is 0 Å². The molecule has 0 saturated carbocycles. The van der Waals surface area contributed by atoms with Crippen molar-refractivity contribution in [3.8, 4) is 0 Å². The Morgan fingerprint density at radius 3 is 1.04 bits per heavy atom. The van der Waals surface area contributed by atoms with E-state index in [2.05, 4.69) is 111 Å². The summed E-state index contributed by atoms with van der Waals surface area (Å²) in [5.41, 5.74) is 0. The van der Waals surface area contributed by atoms with Gasteiger partial charge in [0.25, 0.3) is 0 Å². The maximum absolute atomic E-state index is 12.9. The van der Waals surface area contributed by atoms with Gasteiger partial charge in [0.2, 0.25) is 0 Å². The Morgan fingerprint density at radius 1 is 0.390 bits per heavy atom. The van der Waals surface area contributed by atoms with Crippen LogP contribution in [0, 0.1) is 0 Å². The zero-order chi connectivity index (χ0) is 56.2. The molecule has 0 amide bonds. The minimum Gasteiger partial charge on any atom is -0.545 e. The van der Waals surface area contributed by atoms with Gasteiger partial charge in [-0.2, -0.15) is 0 Å². The number of carboxylic acids is 1. The molecule has 442 valence electrons. The molecular weight excluding hydrogens is 959 g/mol. The Balaban J connectivity index is 4.09. The zero-order valence-electron chi connectivity index (χ0n) is 50.3. The molecule has 0 aromatic carbocycles. The Labute approximate surface area is 473 Å². The van der Waals surface area contributed by atoms with Crippen molar-refractivity contribution in [2.75, 3.05) is 47.5 Å². The number of carboxylic acid groups (broad SMARTS) is 1. The smallest absolute Gasteiger partial charge is 0.306 e. The van der Waals surface area contributed by atoms with Gasteiger partial charge >= 0.3 is 11.9 Å². The number of unbranched alkanes of at least 4 members (excludes halogenated alkanes) is 26. The molecule has 0 heterocycles. The van der Waals surface area contributed by atoms with Gasteiger partial charge in [0, 0.05) is 12.8 Å². The standard InChI is InChI=1S/C68H117NO8/c1-6-8-10-12-14-16-18-20-22-24-25-26-27-28-29-30-31-32-33-34-35-36-37-38-39-40-41-43-45-47-49-51-53-55-57-59-66(71)77-64(63-76-68(67(72)73)74-61-60-69(3,4)5)62-75-65(70)58-56-54-52-50-48-46-44-42-23-21-19-17-15-13-11-9-7-2/h8-11,14-17,20-23,25-26,44,46,64,68H,6-7,12-13,18-19,24,27-43,45,47-63H2,1-5H3/b10-8-,11-9-,16-14-,17-15-,22-20-,23-21-,26-25-,46-44-. The molecule has 9 heteroatoms. The van der Waals surface area contributed by atoms with Crippen molar-refractivity contribution in [2.24, 2.45) is 0 Å². The second kappa shape index (κ2) is 58.4. The third-order valence-corrected chi connectivity index (χ3v) is 13.3. The average molecular weight is 1080 g/mol. The Bertz CT molecular complexity index is 1580. The summed E-state index contributed by atoms with van der Waals surface area (Å²) in [7, 11) is 5.91. The van der Waals surface area contributed by atoms with Gasteiger partial charge < -0.3 is 33.3 Å². The van der Waals surface area contributed by atoms with E-state index in [0.717, 1.165) is 89.9 Å². The van der Waals surface area contributed by atoms with Crippen LogP contribution in [0.4, 0.5) is 0 Å². The van der Waals surface area contributed by atoms with Gasteiger partial charge in [-0.15, -0.1) is 0 Å². The molecule has 0 aromatic heterocycles. The van der Waals surface area contributed by atoms with Crippen LogP contribution in [0.1, 0.15) is 258 Å². The predicted molar refractivity (Wildman–Crippen MR) is 324 cm³/mol. The van der Waals surface area contributed by atoms with Crippen molar-refractivity contribution in [1.29, 1.82) is 0 Å². The van der Waals surface area contributed by atoms with Crippen LogP contribution in [0.2, 0.25) is 0 Å². The van der Waals surface area contributed by atoms with E-state index in [-0.39, 0.29) is 38.6 Å². The average Bonchev–Trinajstić information content (AvgIpc) is 3.40.